The van der Waals surface area contributed by atoms with E-state index in [0.717, 1.165) is 33.4 Å². The second-order valence-corrected chi connectivity index (χ2v) is 10.2. The van der Waals surface area contributed by atoms with Gasteiger partial charge in [0.2, 0.25) is 5.91 Å². The van der Waals surface area contributed by atoms with Gasteiger partial charge in [-0.1, -0.05) is 36.4 Å². The monoisotopic (exact) mass is 559 g/mol. The van der Waals surface area contributed by atoms with Gasteiger partial charge in [0.15, 0.2) is 18.1 Å². The fourth-order valence-electron chi connectivity index (χ4n) is 3.93. The Hall–Kier alpha value is -4.57. The Morgan fingerprint density at radius 2 is 1.60 bits per heavy atom. The maximum atomic E-state index is 12.9. The van der Waals surface area contributed by atoms with Crippen molar-refractivity contribution in [1.82, 2.24) is 4.90 Å². The van der Waals surface area contributed by atoms with Gasteiger partial charge in [0.1, 0.15) is 6.54 Å². The molecular weight excluding hydrogens is 530 g/mol. The molecular formula is C30H29N3O6S. The maximum Gasteiger partial charge on any atom is 0.294 e. The van der Waals surface area contributed by atoms with Gasteiger partial charge in [-0.15, -0.1) is 0 Å². The number of carbonyl (C=O) groups excluding carboxylic acids is 4. The van der Waals surface area contributed by atoms with Gasteiger partial charge in [-0.25, -0.2) is 0 Å². The molecule has 0 aromatic heterocycles. The van der Waals surface area contributed by atoms with Crippen molar-refractivity contribution in [3.63, 3.8) is 0 Å². The average Bonchev–Trinajstić information content (AvgIpc) is 3.18. The van der Waals surface area contributed by atoms with Crippen LogP contribution in [-0.2, 0) is 14.4 Å². The number of thioether (sulfide) groups is 1. The number of anilines is 2. The summed E-state index contributed by atoms with van der Waals surface area (Å²) in [5.41, 5.74) is 4.71. The molecule has 40 heavy (non-hydrogen) atoms. The van der Waals surface area contributed by atoms with Crippen molar-refractivity contribution in [3.05, 3.63) is 87.8 Å². The molecule has 0 aliphatic carbocycles. The molecule has 0 bridgehead atoms. The Morgan fingerprint density at radius 3 is 2.35 bits per heavy atom. The first-order valence-electron chi connectivity index (χ1n) is 12.4. The van der Waals surface area contributed by atoms with Gasteiger partial charge in [-0.2, -0.15) is 0 Å². The lowest BCUT2D eigenvalue weighted by Crippen LogP contribution is -2.36. The summed E-state index contributed by atoms with van der Waals surface area (Å²) in [5, 5.41) is 5.04. The fourth-order valence-corrected chi connectivity index (χ4v) is 4.77. The first kappa shape index (κ1) is 28.4. The van der Waals surface area contributed by atoms with E-state index in [1.807, 2.05) is 63.2 Å². The molecule has 4 amide bonds. The van der Waals surface area contributed by atoms with Crippen LogP contribution in [0.5, 0.6) is 11.5 Å². The molecule has 0 unspecified atom stereocenters. The van der Waals surface area contributed by atoms with E-state index >= 15 is 0 Å². The Bertz CT molecular complexity index is 1520. The number of nitrogens with one attached hydrogen (secondary N) is 2. The minimum Gasteiger partial charge on any atom is -0.493 e. The molecule has 3 aromatic rings. The number of imide groups is 1. The lowest BCUT2D eigenvalue weighted by Gasteiger charge is -2.14. The molecule has 3 aromatic carbocycles. The number of nitrogens with zero attached hydrogens (tertiary/aromatic N) is 1. The van der Waals surface area contributed by atoms with Gasteiger partial charge in [0.25, 0.3) is 17.1 Å². The summed E-state index contributed by atoms with van der Waals surface area (Å²) < 4.78 is 11.1. The summed E-state index contributed by atoms with van der Waals surface area (Å²) in [6.07, 6.45) is 1.55. The predicted molar refractivity (Wildman–Crippen MR) is 156 cm³/mol. The van der Waals surface area contributed by atoms with E-state index in [4.69, 9.17) is 9.47 Å². The quantitative estimate of drug-likeness (QED) is 0.342. The molecule has 1 saturated heterocycles. The van der Waals surface area contributed by atoms with Crippen LogP contribution in [0, 0.1) is 20.8 Å². The van der Waals surface area contributed by atoms with Crippen molar-refractivity contribution in [2.24, 2.45) is 0 Å². The van der Waals surface area contributed by atoms with Gasteiger partial charge >= 0.3 is 0 Å². The highest BCUT2D eigenvalue weighted by Crippen LogP contribution is 2.34. The SMILES string of the molecule is COc1cc(/C=C2\SC(=O)N(CC(=O)Nc3cc(C)ccc3C)C2=O)ccc1OCC(=O)Nc1ccccc1C. The maximum absolute atomic E-state index is 12.9. The zero-order valence-electron chi connectivity index (χ0n) is 22.6. The summed E-state index contributed by atoms with van der Waals surface area (Å²) in [6.45, 7) is 5.05. The van der Waals surface area contributed by atoms with Crippen LogP contribution in [0.4, 0.5) is 16.2 Å². The number of rotatable bonds is 9. The zero-order valence-corrected chi connectivity index (χ0v) is 23.4. The van der Waals surface area contributed by atoms with Crippen LogP contribution in [-0.4, -0.2) is 48.1 Å². The Balaban J connectivity index is 1.39. The van der Waals surface area contributed by atoms with Gasteiger partial charge in [0, 0.05) is 11.4 Å². The lowest BCUT2D eigenvalue weighted by molar-refractivity contribution is -0.127. The van der Waals surface area contributed by atoms with Gasteiger partial charge in [-0.05, 0) is 85.1 Å². The van der Waals surface area contributed by atoms with E-state index in [2.05, 4.69) is 10.6 Å². The predicted octanol–water partition coefficient (Wildman–Crippen LogP) is 5.31. The summed E-state index contributed by atoms with van der Waals surface area (Å²) in [4.78, 5) is 51.5. The number of hydrogen-bond donors (Lipinski definition) is 2. The number of hydrogen-bond acceptors (Lipinski definition) is 7. The van der Waals surface area contributed by atoms with Crippen LogP contribution in [0.25, 0.3) is 6.08 Å². The minimum atomic E-state index is -0.557. The summed E-state index contributed by atoms with van der Waals surface area (Å²) in [5.74, 6) is -0.652. The standard InChI is InChI=1S/C30H29N3O6S/c1-18-9-10-20(3)23(13-18)32-27(34)16-33-29(36)26(40-30(33)37)15-21-11-12-24(25(14-21)38-4)39-17-28(35)31-22-8-6-5-7-19(22)2/h5-15H,16-17H2,1-4H3,(H,31,35)(H,32,34)/b26-15-. The zero-order chi connectivity index (χ0) is 28.8. The highest BCUT2D eigenvalue weighted by atomic mass is 32.2. The van der Waals surface area contributed by atoms with Crippen molar-refractivity contribution in [1.29, 1.82) is 0 Å². The number of benzene rings is 3. The third-order valence-corrected chi connectivity index (χ3v) is 7.01. The smallest absolute Gasteiger partial charge is 0.294 e. The first-order valence-corrected chi connectivity index (χ1v) is 13.2. The first-order chi connectivity index (χ1) is 19.1. The molecule has 206 valence electrons. The molecule has 2 N–H and O–H groups in total. The second-order valence-electron chi connectivity index (χ2n) is 9.20. The summed E-state index contributed by atoms with van der Waals surface area (Å²) >= 11 is 0.758. The minimum absolute atomic E-state index is 0.179. The molecule has 1 aliphatic heterocycles. The lowest BCUT2D eigenvalue weighted by atomic mass is 10.1. The molecule has 0 atom stereocenters. The number of ether oxygens (including phenoxy) is 2. The van der Waals surface area contributed by atoms with Crippen molar-refractivity contribution in [2.75, 3.05) is 30.9 Å². The van der Waals surface area contributed by atoms with E-state index in [1.54, 1.807) is 24.3 Å². The Labute approximate surface area is 236 Å². The highest BCUT2D eigenvalue weighted by molar-refractivity contribution is 8.18. The van der Waals surface area contributed by atoms with Crippen molar-refractivity contribution in [2.45, 2.75) is 20.8 Å². The van der Waals surface area contributed by atoms with Crippen molar-refractivity contribution in [3.8, 4) is 11.5 Å². The molecule has 9 nitrogen and oxygen atoms in total. The second kappa shape index (κ2) is 12.5. The summed E-state index contributed by atoms with van der Waals surface area (Å²) in [6, 6.07) is 18.0. The van der Waals surface area contributed by atoms with E-state index in [1.165, 1.54) is 7.11 Å². The van der Waals surface area contributed by atoms with Gasteiger partial charge < -0.3 is 20.1 Å². The van der Waals surface area contributed by atoms with E-state index in [0.29, 0.717) is 28.4 Å². The van der Waals surface area contributed by atoms with Crippen LogP contribution < -0.4 is 20.1 Å². The fraction of sp³-hybridized carbons (Fsp3) is 0.200. The van der Waals surface area contributed by atoms with Gasteiger partial charge in [-0.3, -0.25) is 24.1 Å². The highest BCUT2D eigenvalue weighted by Gasteiger charge is 2.36. The Kier molecular flexibility index (Phi) is 8.90. The molecule has 1 aliphatic rings. The van der Waals surface area contributed by atoms with Crippen LogP contribution in [0.3, 0.4) is 0 Å². The number of carbonyl (C=O) groups is 4. The van der Waals surface area contributed by atoms with Crippen molar-refractivity contribution >= 4 is 52.2 Å². The van der Waals surface area contributed by atoms with Crippen LogP contribution >= 0.6 is 11.8 Å². The van der Waals surface area contributed by atoms with E-state index in [9.17, 15) is 19.2 Å². The largest absolute Gasteiger partial charge is 0.493 e. The molecule has 10 heteroatoms. The number of methoxy groups -OCH3 is 1. The van der Waals surface area contributed by atoms with Gasteiger partial charge in [0.05, 0.1) is 12.0 Å². The number of aryl methyl sites for hydroxylation is 3. The average molecular weight is 560 g/mol. The normalized spacial score (nSPS) is 13.9. The topological polar surface area (TPSA) is 114 Å². The van der Waals surface area contributed by atoms with E-state index < -0.39 is 23.6 Å². The number of para-hydroxylation sites is 1. The third-order valence-electron chi connectivity index (χ3n) is 6.11. The van der Waals surface area contributed by atoms with Crippen LogP contribution in [0.2, 0.25) is 0 Å². The molecule has 0 saturated carbocycles. The van der Waals surface area contributed by atoms with Crippen LogP contribution in [0.1, 0.15) is 22.3 Å². The van der Waals surface area contributed by atoms with E-state index in [-0.39, 0.29) is 17.4 Å². The third kappa shape index (κ3) is 6.89. The van der Waals surface area contributed by atoms with Crippen molar-refractivity contribution < 1.29 is 28.7 Å². The molecule has 4 rings (SSSR count). The Morgan fingerprint density at radius 1 is 0.875 bits per heavy atom. The molecule has 1 heterocycles. The summed E-state index contributed by atoms with van der Waals surface area (Å²) in [7, 11) is 1.46. The van der Waals surface area contributed by atoms with Crippen LogP contribution in [0.15, 0.2) is 65.6 Å². The molecule has 0 radical (unpaired) electrons. The molecule has 0 spiro atoms. The number of amides is 4. The molecule has 1 fully saturated rings.